The molecule has 3 heteroatoms. The van der Waals surface area contributed by atoms with Crippen LogP contribution in [0.5, 0.6) is 0 Å². The Bertz CT molecular complexity index is 167. The zero-order chi connectivity index (χ0) is 9.07. The summed E-state index contributed by atoms with van der Waals surface area (Å²) in [5.74, 6) is -0.00185. The molecule has 0 aliphatic rings. The molecule has 64 valence electrons. The van der Waals surface area contributed by atoms with E-state index in [0.717, 1.165) is 0 Å². The molecule has 0 aromatic carbocycles. The summed E-state index contributed by atoms with van der Waals surface area (Å²) in [4.78, 5) is 16.3. The smallest absolute Gasteiger partial charge is 0.224 e. The van der Waals surface area contributed by atoms with Gasteiger partial charge in [-0.2, -0.15) is 0 Å². The molecule has 0 radical (unpaired) electrons. The number of rotatable bonds is 1. The molecule has 0 fully saturated rings. The van der Waals surface area contributed by atoms with Gasteiger partial charge in [0.05, 0.1) is 11.9 Å². The highest BCUT2D eigenvalue weighted by Gasteiger charge is 2.06. The Morgan fingerprint density at radius 3 is 2.18 bits per heavy atom. The fourth-order valence-corrected chi connectivity index (χ4v) is 0.341. The molecular weight excluding hydrogens is 140 g/mol. The van der Waals surface area contributed by atoms with Crippen LogP contribution in [0, 0.1) is 0 Å². The second-order valence-corrected chi connectivity index (χ2v) is 3.55. The topological polar surface area (TPSA) is 32.7 Å². The maximum Gasteiger partial charge on any atom is 0.224 e. The predicted molar refractivity (Wildman–Crippen MR) is 46.7 cm³/mol. The van der Waals surface area contributed by atoms with E-state index in [4.69, 9.17) is 0 Å². The summed E-state index contributed by atoms with van der Waals surface area (Å²) in [6.45, 7) is 7.46. The average molecular weight is 156 g/mol. The molecule has 0 unspecified atom stereocenters. The number of nitrogens with zero attached hydrogens (tertiary/aromatic N) is 2. The third kappa shape index (κ3) is 5.58. The molecule has 3 nitrogen and oxygen atoms in total. The van der Waals surface area contributed by atoms with E-state index in [1.165, 1.54) is 11.8 Å². The molecule has 1 amide bonds. The van der Waals surface area contributed by atoms with Gasteiger partial charge in [-0.15, -0.1) is 0 Å². The molecule has 0 heterocycles. The Balaban J connectivity index is 4.04. The van der Waals surface area contributed by atoms with E-state index >= 15 is 0 Å². The van der Waals surface area contributed by atoms with E-state index in [-0.39, 0.29) is 11.4 Å². The summed E-state index contributed by atoms with van der Waals surface area (Å²) in [6, 6.07) is 0. The highest BCUT2D eigenvalue weighted by atomic mass is 16.2. The second-order valence-electron chi connectivity index (χ2n) is 3.55. The molecule has 0 saturated carbocycles. The van der Waals surface area contributed by atoms with Gasteiger partial charge in [0.1, 0.15) is 0 Å². The van der Waals surface area contributed by atoms with Gasteiger partial charge in [0.2, 0.25) is 5.91 Å². The molecule has 0 aromatic rings. The van der Waals surface area contributed by atoms with E-state index in [2.05, 4.69) is 4.99 Å². The lowest BCUT2D eigenvalue weighted by molar-refractivity contribution is -0.123. The number of carbonyl (C=O) groups is 1. The molecule has 0 aliphatic carbocycles. The number of carbonyl (C=O) groups excluding carboxylic acids is 1. The first-order valence-electron chi connectivity index (χ1n) is 3.61. The Kier molecular flexibility index (Phi) is 3.23. The van der Waals surface area contributed by atoms with Crippen LogP contribution in [0.3, 0.4) is 0 Å². The quantitative estimate of drug-likeness (QED) is 0.416. The van der Waals surface area contributed by atoms with Gasteiger partial charge in [-0.3, -0.25) is 9.79 Å². The first-order valence-corrected chi connectivity index (χ1v) is 3.61. The van der Waals surface area contributed by atoms with Crippen molar-refractivity contribution in [2.45, 2.75) is 33.2 Å². The van der Waals surface area contributed by atoms with Crippen LogP contribution in [-0.2, 0) is 4.79 Å². The second kappa shape index (κ2) is 3.51. The lowest BCUT2D eigenvalue weighted by Gasteiger charge is -2.14. The van der Waals surface area contributed by atoms with Crippen molar-refractivity contribution >= 4 is 12.2 Å². The van der Waals surface area contributed by atoms with Gasteiger partial charge in [-0.05, 0) is 20.8 Å². The monoisotopic (exact) mass is 156 g/mol. The SMILES string of the molecule is CC(=O)N(C)C=NC(C)(C)C. The van der Waals surface area contributed by atoms with Crippen molar-refractivity contribution in [2.75, 3.05) is 7.05 Å². The van der Waals surface area contributed by atoms with E-state index in [0.29, 0.717) is 0 Å². The fraction of sp³-hybridized carbons (Fsp3) is 0.750. The standard InChI is InChI=1S/C8H16N2O/c1-7(11)10(5)6-9-8(2,3)4/h6H,1-5H3. The van der Waals surface area contributed by atoms with E-state index in [1.807, 2.05) is 20.8 Å². The molecular formula is C8H16N2O. The summed E-state index contributed by atoms with van der Waals surface area (Å²) in [5, 5.41) is 0. The minimum absolute atomic E-state index is 0.00185. The summed E-state index contributed by atoms with van der Waals surface area (Å²) in [5.41, 5.74) is -0.107. The Labute approximate surface area is 68.1 Å². The molecule has 0 bridgehead atoms. The van der Waals surface area contributed by atoms with Crippen molar-refractivity contribution in [1.29, 1.82) is 0 Å². The van der Waals surface area contributed by atoms with Gasteiger partial charge in [0.25, 0.3) is 0 Å². The Hall–Kier alpha value is -0.860. The van der Waals surface area contributed by atoms with Crippen LogP contribution in [0.15, 0.2) is 4.99 Å². The molecule has 11 heavy (non-hydrogen) atoms. The Morgan fingerprint density at radius 2 is 1.91 bits per heavy atom. The maximum absolute atomic E-state index is 10.7. The normalized spacial score (nSPS) is 12.1. The van der Waals surface area contributed by atoms with Crippen LogP contribution in [-0.4, -0.2) is 29.7 Å². The van der Waals surface area contributed by atoms with E-state index < -0.39 is 0 Å². The fourth-order valence-electron chi connectivity index (χ4n) is 0.341. The lowest BCUT2D eigenvalue weighted by Crippen LogP contribution is -2.24. The average Bonchev–Trinajstić information content (AvgIpc) is 1.80. The third-order valence-electron chi connectivity index (χ3n) is 1.11. The molecule has 0 N–H and O–H groups in total. The first-order chi connectivity index (χ1) is 4.83. The van der Waals surface area contributed by atoms with Gasteiger partial charge < -0.3 is 4.90 Å². The maximum atomic E-state index is 10.7. The summed E-state index contributed by atoms with van der Waals surface area (Å²) in [7, 11) is 1.69. The molecule has 0 spiro atoms. The molecule has 0 aromatic heterocycles. The number of aliphatic imine (C=N–C) groups is 1. The summed E-state index contributed by atoms with van der Waals surface area (Å²) >= 11 is 0. The Morgan fingerprint density at radius 1 is 1.45 bits per heavy atom. The van der Waals surface area contributed by atoms with Crippen molar-refractivity contribution in [2.24, 2.45) is 4.99 Å². The predicted octanol–water partition coefficient (Wildman–Crippen LogP) is 1.29. The van der Waals surface area contributed by atoms with Crippen LogP contribution >= 0.6 is 0 Å². The van der Waals surface area contributed by atoms with Crippen LogP contribution < -0.4 is 0 Å². The zero-order valence-electron chi connectivity index (χ0n) is 7.88. The number of hydrogen-bond donors (Lipinski definition) is 0. The first kappa shape index (κ1) is 10.1. The molecule has 0 rings (SSSR count). The highest BCUT2D eigenvalue weighted by molar-refractivity contribution is 5.85. The third-order valence-corrected chi connectivity index (χ3v) is 1.11. The highest BCUT2D eigenvalue weighted by Crippen LogP contribution is 2.04. The van der Waals surface area contributed by atoms with Gasteiger partial charge in [0.15, 0.2) is 0 Å². The van der Waals surface area contributed by atoms with Crippen LogP contribution in [0.2, 0.25) is 0 Å². The number of amides is 1. The van der Waals surface area contributed by atoms with Crippen molar-refractivity contribution in [3.63, 3.8) is 0 Å². The molecule has 0 saturated heterocycles. The van der Waals surface area contributed by atoms with Gasteiger partial charge in [-0.1, -0.05) is 0 Å². The van der Waals surface area contributed by atoms with Crippen LogP contribution in [0.25, 0.3) is 0 Å². The largest absolute Gasteiger partial charge is 0.307 e. The lowest BCUT2D eigenvalue weighted by atomic mass is 10.1. The van der Waals surface area contributed by atoms with Crippen molar-refractivity contribution in [3.8, 4) is 0 Å². The number of hydrogen-bond acceptors (Lipinski definition) is 2. The molecule has 0 aliphatic heterocycles. The summed E-state index contributed by atoms with van der Waals surface area (Å²) < 4.78 is 0. The van der Waals surface area contributed by atoms with Crippen molar-refractivity contribution in [1.82, 2.24) is 4.90 Å². The van der Waals surface area contributed by atoms with Gasteiger partial charge in [0, 0.05) is 14.0 Å². The van der Waals surface area contributed by atoms with Crippen LogP contribution in [0.4, 0.5) is 0 Å². The minimum atomic E-state index is -0.107. The van der Waals surface area contributed by atoms with Crippen LogP contribution in [0.1, 0.15) is 27.7 Å². The van der Waals surface area contributed by atoms with Gasteiger partial charge >= 0.3 is 0 Å². The van der Waals surface area contributed by atoms with Gasteiger partial charge in [-0.25, -0.2) is 0 Å². The minimum Gasteiger partial charge on any atom is -0.307 e. The zero-order valence-corrected chi connectivity index (χ0v) is 7.88. The van der Waals surface area contributed by atoms with Crippen molar-refractivity contribution in [3.05, 3.63) is 0 Å². The summed E-state index contributed by atoms with van der Waals surface area (Å²) in [6.07, 6.45) is 1.56. The molecule has 0 atom stereocenters. The van der Waals surface area contributed by atoms with E-state index in [1.54, 1.807) is 13.4 Å². The van der Waals surface area contributed by atoms with E-state index in [9.17, 15) is 4.79 Å². The van der Waals surface area contributed by atoms with Crippen molar-refractivity contribution < 1.29 is 4.79 Å².